The Morgan fingerprint density at radius 3 is 2.54 bits per heavy atom. The molecule has 0 aliphatic carbocycles. The Balaban J connectivity index is 1.82. The topological polar surface area (TPSA) is 65.8 Å². The molecule has 0 spiro atoms. The second-order valence-corrected chi connectivity index (χ2v) is 7.53. The number of nitriles is 1. The number of ether oxygens (including phenoxy) is 2. The molecule has 130 valence electrons. The van der Waals surface area contributed by atoms with Crippen molar-refractivity contribution in [2.24, 2.45) is 0 Å². The fraction of sp³-hybridized carbons (Fsp3) is 0.529. The van der Waals surface area contributed by atoms with Crippen molar-refractivity contribution in [3.05, 3.63) is 28.2 Å². The fourth-order valence-corrected chi connectivity index (χ4v) is 2.62. The highest BCUT2D eigenvalue weighted by atomic mass is 79.9. The van der Waals surface area contributed by atoms with Crippen molar-refractivity contribution >= 4 is 22.0 Å². The molecule has 0 N–H and O–H groups in total. The Hall–Kier alpha value is -1.78. The number of nitrogens with zero attached hydrogens (tertiary/aromatic N) is 3. The largest absolute Gasteiger partial charge is 0.477 e. The van der Waals surface area contributed by atoms with Crippen LogP contribution in [0.4, 0.5) is 4.79 Å². The van der Waals surface area contributed by atoms with Crippen LogP contribution >= 0.6 is 15.9 Å². The van der Waals surface area contributed by atoms with Crippen molar-refractivity contribution in [2.75, 3.05) is 32.9 Å². The molecule has 1 aliphatic rings. The molecule has 0 unspecified atom stereocenters. The summed E-state index contributed by atoms with van der Waals surface area (Å²) in [5.41, 5.74) is 0.0174. The molecule has 1 heterocycles. The Morgan fingerprint density at radius 1 is 1.29 bits per heavy atom. The van der Waals surface area contributed by atoms with Crippen molar-refractivity contribution < 1.29 is 14.3 Å². The smallest absolute Gasteiger partial charge is 0.410 e. The number of carbonyl (C=O) groups is 1. The lowest BCUT2D eigenvalue weighted by molar-refractivity contribution is 0.00680. The first-order valence-electron chi connectivity index (χ1n) is 7.81. The maximum Gasteiger partial charge on any atom is 0.410 e. The second-order valence-electron chi connectivity index (χ2n) is 6.61. The van der Waals surface area contributed by atoms with Gasteiger partial charge in [0.2, 0.25) is 0 Å². The predicted molar refractivity (Wildman–Crippen MR) is 93.7 cm³/mol. The van der Waals surface area contributed by atoms with E-state index in [-0.39, 0.29) is 6.09 Å². The van der Waals surface area contributed by atoms with Gasteiger partial charge < -0.3 is 14.4 Å². The lowest BCUT2D eigenvalue weighted by Crippen LogP contribution is -2.50. The number of hydrogen-bond donors (Lipinski definition) is 0. The highest BCUT2D eigenvalue weighted by Crippen LogP contribution is 2.22. The van der Waals surface area contributed by atoms with Crippen LogP contribution < -0.4 is 4.74 Å². The molecule has 24 heavy (non-hydrogen) atoms. The van der Waals surface area contributed by atoms with E-state index in [4.69, 9.17) is 14.7 Å². The normalized spacial score (nSPS) is 15.7. The van der Waals surface area contributed by atoms with Crippen molar-refractivity contribution in [1.29, 1.82) is 5.26 Å². The SMILES string of the molecule is CC(C)(C)OC(=O)N1CCN(COc2ccc(Br)cc2C#N)CC1. The highest BCUT2D eigenvalue weighted by Gasteiger charge is 2.25. The fourth-order valence-electron chi connectivity index (χ4n) is 2.26. The summed E-state index contributed by atoms with van der Waals surface area (Å²) in [4.78, 5) is 15.8. The maximum absolute atomic E-state index is 12.0. The summed E-state index contributed by atoms with van der Waals surface area (Å²) in [6.45, 7) is 8.58. The monoisotopic (exact) mass is 395 g/mol. The van der Waals surface area contributed by atoms with Gasteiger partial charge in [-0.2, -0.15) is 5.26 Å². The van der Waals surface area contributed by atoms with E-state index in [0.29, 0.717) is 44.2 Å². The van der Waals surface area contributed by atoms with Crippen LogP contribution in [0.5, 0.6) is 5.75 Å². The first-order chi connectivity index (χ1) is 11.3. The van der Waals surface area contributed by atoms with E-state index in [1.807, 2.05) is 26.8 Å². The van der Waals surface area contributed by atoms with E-state index in [1.165, 1.54) is 0 Å². The maximum atomic E-state index is 12.0. The minimum atomic E-state index is -0.480. The lowest BCUT2D eigenvalue weighted by Gasteiger charge is -2.35. The summed E-state index contributed by atoms with van der Waals surface area (Å²) >= 11 is 3.34. The third kappa shape index (κ3) is 5.39. The van der Waals surface area contributed by atoms with Crippen LogP contribution in [0.2, 0.25) is 0 Å². The molecule has 6 nitrogen and oxygen atoms in total. The summed E-state index contributed by atoms with van der Waals surface area (Å²) in [5, 5.41) is 9.15. The number of halogens is 1. The van der Waals surface area contributed by atoms with Crippen molar-refractivity contribution in [1.82, 2.24) is 9.80 Å². The van der Waals surface area contributed by atoms with Gasteiger partial charge in [0.1, 0.15) is 24.2 Å². The van der Waals surface area contributed by atoms with E-state index in [2.05, 4.69) is 26.9 Å². The third-order valence-electron chi connectivity index (χ3n) is 3.49. The van der Waals surface area contributed by atoms with Gasteiger partial charge >= 0.3 is 6.09 Å². The molecule has 2 rings (SSSR count). The average Bonchev–Trinajstić information content (AvgIpc) is 2.52. The molecule has 1 amide bonds. The zero-order valence-corrected chi connectivity index (χ0v) is 15.8. The predicted octanol–water partition coefficient (Wildman–Crippen LogP) is 3.21. The summed E-state index contributed by atoms with van der Waals surface area (Å²) in [7, 11) is 0. The first kappa shape index (κ1) is 18.6. The van der Waals surface area contributed by atoms with E-state index < -0.39 is 5.60 Å². The Kier molecular flexibility index (Phi) is 6.08. The Labute approximate surface area is 151 Å². The standard InChI is InChI=1S/C17H22BrN3O3/c1-17(2,3)24-16(22)21-8-6-20(7-9-21)12-23-15-5-4-14(18)10-13(15)11-19/h4-5,10H,6-9,12H2,1-3H3. The number of amides is 1. The number of piperazine rings is 1. The second kappa shape index (κ2) is 7.86. The van der Waals surface area contributed by atoms with Gasteiger partial charge in [-0.15, -0.1) is 0 Å². The average molecular weight is 396 g/mol. The van der Waals surface area contributed by atoms with E-state index in [0.717, 1.165) is 4.47 Å². The quantitative estimate of drug-likeness (QED) is 0.785. The van der Waals surface area contributed by atoms with Gasteiger partial charge in [0, 0.05) is 30.7 Å². The van der Waals surface area contributed by atoms with E-state index in [1.54, 1.807) is 17.0 Å². The molecular formula is C17H22BrN3O3. The molecule has 7 heteroatoms. The zero-order chi connectivity index (χ0) is 17.7. The molecular weight excluding hydrogens is 374 g/mol. The molecule has 1 aromatic rings. The van der Waals surface area contributed by atoms with Gasteiger partial charge in [0.15, 0.2) is 0 Å². The molecule has 1 fully saturated rings. The van der Waals surface area contributed by atoms with Gasteiger partial charge in [-0.3, -0.25) is 4.90 Å². The van der Waals surface area contributed by atoms with Gasteiger partial charge in [-0.25, -0.2) is 4.79 Å². The van der Waals surface area contributed by atoms with Crippen LogP contribution in [0, 0.1) is 11.3 Å². The van der Waals surface area contributed by atoms with Crippen LogP contribution in [0.25, 0.3) is 0 Å². The number of carbonyl (C=O) groups excluding carboxylic acids is 1. The highest BCUT2D eigenvalue weighted by molar-refractivity contribution is 9.10. The van der Waals surface area contributed by atoms with E-state index >= 15 is 0 Å². The molecule has 0 bridgehead atoms. The molecule has 0 atom stereocenters. The Morgan fingerprint density at radius 2 is 1.96 bits per heavy atom. The van der Waals surface area contributed by atoms with Crippen LogP contribution in [0.1, 0.15) is 26.3 Å². The van der Waals surface area contributed by atoms with Crippen LogP contribution in [0.3, 0.4) is 0 Å². The van der Waals surface area contributed by atoms with Crippen molar-refractivity contribution in [2.45, 2.75) is 26.4 Å². The lowest BCUT2D eigenvalue weighted by atomic mass is 10.2. The van der Waals surface area contributed by atoms with Crippen LogP contribution in [-0.2, 0) is 4.74 Å². The Bertz CT molecular complexity index is 629. The van der Waals surface area contributed by atoms with Gasteiger partial charge in [0.05, 0.1) is 5.56 Å². The third-order valence-corrected chi connectivity index (χ3v) is 3.98. The van der Waals surface area contributed by atoms with Crippen LogP contribution in [-0.4, -0.2) is 54.4 Å². The summed E-state index contributed by atoms with van der Waals surface area (Å²) < 4.78 is 12.0. The molecule has 1 saturated heterocycles. The number of benzene rings is 1. The van der Waals surface area contributed by atoms with Gasteiger partial charge in [0.25, 0.3) is 0 Å². The summed E-state index contributed by atoms with van der Waals surface area (Å²) in [5.74, 6) is 0.565. The minimum absolute atomic E-state index is 0.275. The molecule has 0 aromatic heterocycles. The summed E-state index contributed by atoms with van der Waals surface area (Å²) in [6, 6.07) is 7.48. The van der Waals surface area contributed by atoms with Crippen LogP contribution in [0.15, 0.2) is 22.7 Å². The first-order valence-corrected chi connectivity index (χ1v) is 8.60. The van der Waals surface area contributed by atoms with Crippen molar-refractivity contribution in [3.63, 3.8) is 0 Å². The minimum Gasteiger partial charge on any atom is -0.477 e. The van der Waals surface area contributed by atoms with Gasteiger partial charge in [-0.1, -0.05) is 15.9 Å². The molecule has 0 radical (unpaired) electrons. The number of rotatable bonds is 3. The van der Waals surface area contributed by atoms with Crippen molar-refractivity contribution in [3.8, 4) is 11.8 Å². The van der Waals surface area contributed by atoms with Gasteiger partial charge in [-0.05, 0) is 39.0 Å². The summed E-state index contributed by atoms with van der Waals surface area (Å²) in [6.07, 6.45) is -0.275. The molecule has 0 saturated carbocycles. The zero-order valence-electron chi connectivity index (χ0n) is 14.2. The molecule has 1 aliphatic heterocycles. The van der Waals surface area contributed by atoms with E-state index in [9.17, 15) is 4.79 Å². The molecule has 1 aromatic carbocycles. The number of hydrogen-bond acceptors (Lipinski definition) is 5.